The minimum atomic E-state index is -0.723. The molecule has 0 aliphatic rings. The van der Waals surface area contributed by atoms with Gasteiger partial charge in [0.2, 0.25) is 22.7 Å². The van der Waals surface area contributed by atoms with Crippen LogP contribution in [0.5, 0.6) is 34.5 Å². The first-order valence-corrected chi connectivity index (χ1v) is 7.43. The zero-order chi connectivity index (χ0) is 19.0. The van der Waals surface area contributed by atoms with Crippen LogP contribution in [0.15, 0.2) is 33.7 Å². The predicted molar refractivity (Wildman–Crippen MR) is 92.6 cm³/mol. The molecule has 0 atom stereocenters. The fourth-order valence-corrected chi connectivity index (χ4v) is 2.69. The van der Waals surface area contributed by atoms with Crippen LogP contribution >= 0.6 is 0 Å². The van der Waals surface area contributed by atoms with Gasteiger partial charge in [-0.15, -0.1) is 0 Å². The molecule has 8 heteroatoms. The van der Waals surface area contributed by atoms with Crippen molar-refractivity contribution < 1.29 is 33.9 Å². The zero-order valence-corrected chi connectivity index (χ0v) is 14.2. The van der Waals surface area contributed by atoms with Crippen LogP contribution in [0.1, 0.15) is 0 Å². The molecule has 0 radical (unpaired) electrons. The summed E-state index contributed by atoms with van der Waals surface area (Å²) in [6.07, 6.45) is 1.12. The Balaban J connectivity index is 2.34. The zero-order valence-electron chi connectivity index (χ0n) is 14.2. The van der Waals surface area contributed by atoms with Gasteiger partial charge in [-0.3, -0.25) is 4.79 Å². The maximum atomic E-state index is 12.9. The number of fused-ring (bicyclic) bond motifs is 1. The third-order valence-corrected chi connectivity index (χ3v) is 4.00. The first-order chi connectivity index (χ1) is 12.4. The van der Waals surface area contributed by atoms with Crippen LogP contribution in [0, 0.1) is 0 Å². The molecule has 0 unspecified atom stereocenters. The largest absolute Gasteiger partial charge is 0.504 e. The Kier molecular flexibility index (Phi) is 4.25. The van der Waals surface area contributed by atoms with E-state index in [1.807, 2.05) is 0 Å². The normalized spacial score (nSPS) is 10.7. The van der Waals surface area contributed by atoms with Crippen molar-refractivity contribution in [2.24, 2.45) is 0 Å². The molecule has 0 aliphatic heterocycles. The van der Waals surface area contributed by atoms with Gasteiger partial charge in [-0.25, -0.2) is 0 Å². The highest BCUT2D eigenvalue weighted by molar-refractivity contribution is 5.95. The summed E-state index contributed by atoms with van der Waals surface area (Å²) < 4.78 is 20.5. The molecule has 8 nitrogen and oxygen atoms in total. The lowest BCUT2D eigenvalue weighted by Crippen LogP contribution is -2.06. The Labute approximate surface area is 147 Å². The van der Waals surface area contributed by atoms with Crippen molar-refractivity contribution in [1.29, 1.82) is 0 Å². The monoisotopic (exact) mass is 360 g/mol. The number of phenolic OH excluding ortho intramolecular Hbond substituents is 3. The molecule has 1 aromatic heterocycles. The summed E-state index contributed by atoms with van der Waals surface area (Å²) in [5.41, 5.74) is -0.412. The maximum Gasteiger partial charge on any atom is 0.208 e. The molecule has 0 bridgehead atoms. The smallest absolute Gasteiger partial charge is 0.208 e. The van der Waals surface area contributed by atoms with E-state index in [-0.39, 0.29) is 16.5 Å². The maximum absolute atomic E-state index is 12.9. The van der Waals surface area contributed by atoms with E-state index in [2.05, 4.69) is 0 Å². The molecule has 0 amide bonds. The number of rotatable bonds is 4. The molecule has 0 aliphatic carbocycles. The molecule has 0 saturated heterocycles. The Hall–Kier alpha value is -3.55. The second kappa shape index (κ2) is 6.40. The molecule has 3 rings (SSSR count). The summed E-state index contributed by atoms with van der Waals surface area (Å²) in [6.45, 7) is 0. The van der Waals surface area contributed by atoms with Gasteiger partial charge in [0.1, 0.15) is 11.6 Å². The number of hydrogen-bond donors (Lipinski definition) is 3. The van der Waals surface area contributed by atoms with Crippen molar-refractivity contribution in [2.75, 3.05) is 21.3 Å². The van der Waals surface area contributed by atoms with Crippen molar-refractivity contribution in [3.05, 3.63) is 34.7 Å². The Bertz CT molecular complexity index is 1050. The summed E-state index contributed by atoms with van der Waals surface area (Å²) in [5, 5.41) is 29.8. The lowest BCUT2D eigenvalue weighted by Gasteiger charge is -2.12. The topological polar surface area (TPSA) is 119 Å². The van der Waals surface area contributed by atoms with Crippen LogP contribution in [-0.2, 0) is 0 Å². The van der Waals surface area contributed by atoms with Gasteiger partial charge in [0.05, 0.1) is 26.9 Å². The third kappa shape index (κ3) is 2.43. The van der Waals surface area contributed by atoms with E-state index in [9.17, 15) is 20.1 Å². The lowest BCUT2D eigenvalue weighted by molar-refractivity contribution is 0.330. The summed E-state index contributed by atoms with van der Waals surface area (Å²) in [5.74, 6) is -1.60. The second-order valence-electron chi connectivity index (χ2n) is 5.33. The highest BCUT2D eigenvalue weighted by Crippen LogP contribution is 2.48. The van der Waals surface area contributed by atoms with Crippen LogP contribution in [0.3, 0.4) is 0 Å². The first kappa shape index (κ1) is 17.3. The average molecular weight is 360 g/mol. The summed E-state index contributed by atoms with van der Waals surface area (Å²) in [7, 11) is 4.13. The van der Waals surface area contributed by atoms with Gasteiger partial charge in [-0.05, 0) is 17.7 Å². The fourth-order valence-electron chi connectivity index (χ4n) is 2.69. The van der Waals surface area contributed by atoms with E-state index < -0.39 is 28.4 Å². The first-order valence-electron chi connectivity index (χ1n) is 7.43. The van der Waals surface area contributed by atoms with Crippen LogP contribution < -0.4 is 19.6 Å². The average Bonchev–Trinajstić information content (AvgIpc) is 2.65. The summed E-state index contributed by atoms with van der Waals surface area (Å²) >= 11 is 0. The van der Waals surface area contributed by atoms with Crippen molar-refractivity contribution in [3.63, 3.8) is 0 Å². The Morgan fingerprint density at radius 2 is 1.58 bits per heavy atom. The Morgan fingerprint density at radius 3 is 2.19 bits per heavy atom. The van der Waals surface area contributed by atoms with Crippen molar-refractivity contribution in [2.45, 2.75) is 0 Å². The van der Waals surface area contributed by atoms with Gasteiger partial charge in [0.25, 0.3) is 0 Å². The number of hydrogen-bond acceptors (Lipinski definition) is 8. The van der Waals surface area contributed by atoms with Gasteiger partial charge in [0.15, 0.2) is 22.8 Å². The van der Waals surface area contributed by atoms with Gasteiger partial charge in [0, 0.05) is 0 Å². The molecule has 0 fully saturated rings. The Morgan fingerprint density at radius 1 is 0.885 bits per heavy atom. The predicted octanol–water partition coefficient (Wildman–Crippen LogP) is 2.60. The van der Waals surface area contributed by atoms with Crippen LogP contribution in [0.25, 0.3) is 22.1 Å². The number of aromatic hydroxyl groups is 3. The van der Waals surface area contributed by atoms with E-state index in [0.717, 1.165) is 6.26 Å². The fraction of sp³-hybridized carbons (Fsp3) is 0.167. The van der Waals surface area contributed by atoms with Crippen molar-refractivity contribution >= 4 is 11.0 Å². The van der Waals surface area contributed by atoms with Crippen LogP contribution in [-0.4, -0.2) is 36.6 Å². The van der Waals surface area contributed by atoms with Crippen molar-refractivity contribution in [1.82, 2.24) is 0 Å². The van der Waals surface area contributed by atoms with Gasteiger partial charge in [-0.2, -0.15) is 0 Å². The lowest BCUT2D eigenvalue weighted by atomic mass is 10.0. The minimum Gasteiger partial charge on any atom is -0.504 e. The number of benzene rings is 2. The van der Waals surface area contributed by atoms with Gasteiger partial charge >= 0.3 is 0 Å². The van der Waals surface area contributed by atoms with Gasteiger partial charge < -0.3 is 33.9 Å². The van der Waals surface area contributed by atoms with E-state index in [0.29, 0.717) is 17.1 Å². The third-order valence-electron chi connectivity index (χ3n) is 4.00. The van der Waals surface area contributed by atoms with Crippen LogP contribution in [0.4, 0.5) is 0 Å². The molecule has 26 heavy (non-hydrogen) atoms. The van der Waals surface area contributed by atoms with E-state index >= 15 is 0 Å². The highest BCUT2D eigenvalue weighted by atomic mass is 16.5. The minimum absolute atomic E-state index is 0.112. The molecule has 0 saturated carbocycles. The quantitative estimate of drug-likeness (QED) is 0.480. The number of phenols is 3. The SMILES string of the molecule is COc1ccc(-c2coc3c(O)c(O)c(OC)c(O)c3c2=O)cc1OC. The molecule has 0 spiro atoms. The summed E-state index contributed by atoms with van der Waals surface area (Å²) in [4.78, 5) is 12.9. The van der Waals surface area contributed by atoms with Crippen molar-refractivity contribution in [3.8, 4) is 45.6 Å². The second-order valence-corrected chi connectivity index (χ2v) is 5.33. The molecule has 3 aromatic rings. The number of ether oxygens (including phenoxy) is 3. The number of methoxy groups -OCH3 is 3. The molecule has 1 heterocycles. The highest BCUT2D eigenvalue weighted by Gasteiger charge is 2.25. The van der Waals surface area contributed by atoms with E-state index in [4.69, 9.17) is 18.6 Å². The molecule has 2 aromatic carbocycles. The van der Waals surface area contributed by atoms with E-state index in [1.165, 1.54) is 21.3 Å². The molecule has 3 N–H and O–H groups in total. The van der Waals surface area contributed by atoms with Crippen LogP contribution in [0.2, 0.25) is 0 Å². The molecule has 136 valence electrons. The molecular weight excluding hydrogens is 344 g/mol. The standard InChI is InChI=1S/C18H16O8/c1-23-10-5-4-8(6-11(10)24-2)9-7-26-17-12(13(9)19)14(20)18(25-3)16(22)15(17)21/h4-7,20-22H,1-3H3. The molecular formula is C18H16O8. The van der Waals surface area contributed by atoms with E-state index in [1.54, 1.807) is 18.2 Å². The van der Waals surface area contributed by atoms with Gasteiger partial charge in [-0.1, -0.05) is 6.07 Å². The summed E-state index contributed by atoms with van der Waals surface area (Å²) in [6, 6.07) is 4.81.